The number of hydrogen-bond acceptors (Lipinski definition) is 3. The van der Waals surface area contributed by atoms with Crippen LogP contribution in [0.1, 0.15) is 44.1 Å². The third kappa shape index (κ3) is 3.53. The number of halogens is 1. The van der Waals surface area contributed by atoms with Gasteiger partial charge < -0.3 is 14.5 Å². The lowest BCUT2D eigenvalue weighted by Gasteiger charge is -2.29. The van der Waals surface area contributed by atoms with Crippen LogP contribution in [0.2, 0.25) is 5.02 Å². The van der Waals surface area contributed by atoms with E-state index in [1.54, 1.807) is 44.4 Å². The molecular weight excluding hydrogens is 314 g/mol. The predicted molar refractivity (Wildman–Crippen MR) is 88.7 cm³/mol. The first kappa shape index (κ1) is 15.9. The summed E-state index contributed by atoms with van der Waals surface area (Å²) < 4.78 is 11.3. The van der Waals surface area contributed by atoms with Gasteiger partial charge in [0, 0.05) is 17.0 Å². The summed E-state index contributed by atoms with van der Waals surface area (Å²) in [5.74, 6) is 1.44. The zero-order valence-corrected chi connectivity index (χ0v) is 14.0. The summed E-state index contributed by atoms with van der Waals surface area (Å²) in [7, 11) is 0. The van der Waals surface area contributed by atoms with E-state index in [4.69, 9.17) is 20.8 Å². The quantitative estimate of drug-likeness (QED) is 0.908. The molecule has 0 fully saturated rings. The molecule has 122 valence electrons. The van der Waals surface area contributed by atoms with Gasteiger partial charge in [-0.15, -0.1) is 0 Å². The molecule has 1 atom stereocenters. The number of nitrogens with one attached hydrogen (secondary N) is 1. The first-order chi connectivity index (χ1) is 11.0. The lowest BCUT2D eigenvalue weighted by atomic mass is 9.92. The zero-order chi connectivity index (χ0) is 16.4. The Kier molecular flexibility index (Phi) is 4.35. The van der Waals surface area contributed by atoms with Gasteiger partial charge in [0.2, 0.25) is 0 Å². The molecule has 1 aliphatic rings. The van der Waals surface area contributed by atoms with Gasteiger partial charge in [-0.25, -0.2) is 0 Å². The SMILES string of the molecule is CC(C)(Oc1ccc(Cl)cc1)C(=O)NC1CCCc2occc21. The molecule has 0 bridgehead atoms. The van der Waals surface area contributed by atoms with E-state index in [0.29, 0.717) is 10.8 Å². The monoisotopic (exact) mass is 333 g/mol. The molecule has 1 aromatic heterocycles. The summed E-state index contributed by atoms with van der Waals surface area (Å²) in [5, 5.41) is 3.72. The molecule has 1 N–H and O–H groups in total. The molecule has 1 unspecified atom stereocenters. The van der Waals surface area contributed by atoms with Gasteiger partial charge in [0.05, 0.1) is 12.3 Å². The maximum atomic E-state index is 12.6. The van der Waals surface area contributed by atoms with E-state index < -0.39 is 5.60 Å². The Labute approximate surface area is 140 Å². The normalized spacial score (nSPS) is 17.4. The van der Waals surface area contributed by atoms with E-state index in [9.17, 15) is 4.79 Å². The molecule has 2 aromatic rings. The van der Waals surface area contributed by atoms with E-state index in [1.165, 1.54) is 0 Å². The first-order valence-electron chi connectivity index (χ1n) is 7.77. The highest BCUT2D eigenvalue weighted by atomic mass is 35.5. The van der Waals surface area contributed by atoms with Crippen LogP contribution in [0, 0.1) is 0 Å². The zero-order valence-electron chi connectivity index (χ0n) is 13.3. The number of fused-ring (bicyclic) bond motifs is 1. The molecule has 4 nitrogen and oxygen atoms in total. The largest absolute Gasteiger partial charge is 0.478 e. The van der Waals surface area contributed by atoms with Crippen molar-refractivity contribution < 1.29 is 13.9 Å². The minimum atomic E-state index is -0.977. The van der Waals surface area contributed by atoms with Gasteiger partial charge in [0.1, 0.15) is 11.5 Å². The Morgan fingerprint density at radius 1 is 1.30 bits per heavy atom. The second-order valence-electron chi connectivity index (χ2n) is 6.28. The Hall–Kier alpha value is -1.94. The van der Waals surface area contributed by atoms with E-state index in [0.717, 1.165) is 30.6 Å². The van der Waals surface area contributed by atoms with Crippen LogP contribution in [0.15, 0.2) is 41.0 Å². The Morgan fingerprint density at radius 3 is 2.78 bits per heavy atom. The van der Waals surface area contributed by atoms with Crippen molar-refractivity contribution in [3.8, 4) is 5.75 Å². The van der Waals surface area contributed by atoms with E-state index in [1.807, 2.05) is 6.07 Å². The van der Waals surface area contributed by atoms with Crippen molar-refractivity contribution >= 4 is 17.5 Å². The Bertz CT molecular complexity index is 691. The number of furan rings is 1. The lowest BCUT2D eigenvalue weighted by molar-refractivity contribution is -0.135. The molecule has 0 saturated heterocycles. The van der Waals surface area contributed by atoms with Gasteiger partial charge in [0.25, 0.3) is 5.91 Å². The molecule has 0 saturated carbocycles. The summed E-state index contributed by atoms with van der Waals surface area (Å²) in [5.41, 5.74) is 0.0988. The summed E-state index contributed by atoms with van der Waals surface area (Å²) in [4.78, 5) is 12.6. The summed E-state index contributed by atoms with van der Waals surface area (Å²) in [6.45, 7) is 3.52. The molecular formula is C18H20ClNO3. The van der Waals surface area contributed by atoms with E-state index in [2.05, 4.69) is 5.32 Å². The van der Waals surface area contributed by atoms with Crippen molar-refractivity contribution in [1.29, 1.82) is 0 Å². The van der Waals surface area contributed by atoms with Crippen molar-refractivity contribution in [2.24, 2.45) is 0 Å². The maximum Gasteiger partial charge on any atom is 0.264 e. The first-order valence-corrected chi connectivity index (χ1v) is 8.15. The van der Waals surface area contributed by atoms with E-state index in [-0.39, 0.29) is 11.9 Å². The van der Waals surface area contributed by atoms with Crippen LogP contribution < -0.4 is 10.1 Å². The third-order valence-electron chi connectivity index (χ3n) is 4.09. The van der Waals surface area contributed by atoms with Gasteiger partial charge >= 0.3 is 0 Å². The average molecular weight is 334 g/mol. The fraction of sp³-hybridized carbons (Fsp3) is 0.389. The second-order valence-corrected chi connectivity index (χ2v) is 6.72. The van der Waals surface area contributed by atoms with Gasteiger partial charge in [-0.2, -0.15) is 0 Å². The molecule has 23 heavy (non-hydrogen) atoms. The van der Waals surface area contributed by atoms with Gasteiger partial charge in [-0.05, 0) is 57.0 Å². The van der Waals surface area contributed by atoms with Crippen LogP contribution in [0.5, 0.6) is 5.75 Å². The van der Waals surface area contributed by atoms with Crippen LogP contribution in [0.4, 0.5) is 0 Å². The predicted octanol–water partition coefficient (Wildman–Crippen LogP) is 4.28. The number of aryl methyl sites for hydroxylation is 1. The fourth-order valence-electron chi connectivity index (χ4n) is 2.81. The lowest BCUT2D eigenvalue weighted by Crippen LogP contribution is -2.48. The average Bonchev–Trinajstić information content (AvgIpc) is 2.99. The molecule has 1 amide bonds. The summed E-state index contributed by atoms with van der Waals surface area (Å²) in [6.07, 6.45) is 4.53. The summed E-state index contributed by atoms with van der Waals surface area (Å²) in [6, 6.07) is 8.91. The molecule has 1 aliphatic carbocycles. The number of amides is 1. The topological polar surface area (TPSA) is 51.5 Å². The minimum absolute atomic E-state index is 0.0157. The highest BCUT2D eigenvalue weighted by molar-refractivity contribution is 6.30. The number of benzene rings is 1. The smallest absolute Gasteiger partial charge is 0.264 e. The number of hydrogen-bond donors (Lipinski definition) is 1. The van der Waals surface area contributed by atoms with Crippen LogP contribution in [0.3, 0.4) is 0 Å². The van der Waals surface area contributed by atoms with Crippen molar-refractivity contribution in [1.82, 2.24) is 5.32 Å². The fourth-order valence-corrected chi connectivity index (χ4v) is 2.94. The number of carbonyl (C=O) groups is 1. The molecule has 0 aliphatic heterocycles. The molecule has 1 aromatic carbocycles. The second kappa shape index (κ2) is 6.28. The van der Waals surface area contributed by atoms with E-state index >= 15 is 0 Å². The standard InChI is InChI=1S/C18H20ClNO3/c1-18(2,23-13-8-6-12(19)7-9-13)17(21)20-15-4-3-5-16-14(15)10-11-22-16/h6-11,15H,3-5H2,1-2H3,(H,20,21). The van der Waals surface area contributed by atoms with Gasteiger partial charge in [-0.1, -0.05) is 11.6 Å². The molecule has 0 spiro atoms. The molecule has 0 radical (unpaired) electrons. The van der Waals surface area contributed by atoms with Crippen LogP contribution in [0.25, 0.3) is 0 Å². The summed E-state index contributed by atoms with van der Waals surface area (Å²) >= 11 is 5.87. The van der Waals surface area contributed by atoms with Crippen molar-refractivity contribution in [2.75, 3.05) is 0 Å². The van der Waals surface area contributed by atoms with Gasteiger partial charge in [-0.3, -0.25) is 4.79 Å². The number of ether oxygens (including phenoxy) is 1. The van der Waals surface area contributed by atoms with Crippen LogP contribution in [-0.4, -0.2) is 11.5 Å². The van der Waals surface area contributed by atoms with Crippen molar-refractivity contribution in [2.45, 2.75) is 44.8 Å². The number of rotatable bonds is 4. The molecule has 5 heteroatoms. The maximum absolute atomic E-state index is 12.6. The molecule has 3 rings (SSSR count). The third-order valence-corrected chi connectivity index (χ3v) is 4.34. The van der Waals surface area contributed by atoms with Crippen molar-refractivity contribution in [3.63, 3.8) is 0 Å². The Balaban J connectivity index is 1.69. The van der Waals surface area contributed by atoms with Crippen molar-refractivity contribution in [3.05, 3.63) is 52.9 Å². The van der Waals surface area contributed by atoms with Crippen LogP contribution >= 0.6 is 11.6 Å². The highest BCUT2D eigenvalue weighted by Gasteiger charge is 2.33. The highest BCUT2D eigenvalue weighted by Crippen LogP contribution is 2.31. The number of carbonyl (C=O) groups excluding carboxylic acids is 1. The van der Waals surface area contributed by atoms with Gasteiger partial charge in [0.15, 0.2) is 5.60 Å². The minimum Gasteiger partial charge on any atom is -0.478 e. The van der Waals surface area contributed by atoms with Crippen LogP contribution in [-0.2, 0) is 11.2 Å². The Morgan fingerprint density at radius 2 is 2.04 bits per heavy atom. The molecule has 1 heterocycles.